The SMILES string of the molecule is [BH3-]P(=O)(OC[C@H]1O[C@@H](n2c[n+](C)c3c(=O)[nH]c(N)nc32)[C@H](O)[C@@H]1CC(=O)N(C)C)OP(=O)(O)OP(=O)(O)OC[C@H]1O[C@@H](n2cnc3c(N)ncnc32)[C@H](OC)[C@@H]1OP(=O)(O)OC[C@H]1O[C@@H](n2ccc(=O)[nH]c2=O)[C@H](O)[C@@H]1O. The first-order chi connectivity index (χ1) is 36.0. The van der Waals surface area contributed by atoms with Crippen molar-refractivity contribution in [2.24, 2.45) is 13.0 Å². The Morgan fingerprint density at radius 3 is 2.14 bits per heavy atom. The second-order valence-corrected chi connectivity index (χ2v) is 22.7. The third kappa shape index (κ3) is 12.6. The van der Waals surface area contributed by atoms with Crippen LogP contribution in [0.4, 0.5) is 11.8 Å². The average Bonchev–Trinajstić information content (AvgIpc) is 4.13. The van der Waals surface area contributed by atoms with Gasteiger partial charge in [0.05, 0.1) is 46.9 Å². The minimum absolute atomic E-state index is 0.0140. The van der Waals surface area contributed by atoms with Crippen molar-refractivity contribution in [1.29, 1.82) is 0 Å². The number of H-pyrrole nitrogens is 2. The predicted octanol–water partition coefficient (Wildman–Crippen LogP) is -4.77. The normalized spacial score (nSPS) is 29.8. The Morgan fingerprint density at radius 2 is 1.45 bits per heavy atom. The largest absolute Gasteiger partial charge is 0.485 e. The third-order valence-electron chi connectivity index (χ3n) is 12.0. The van der Waals surface area contributed by atoms with Crippen molar-refractivity contribution in [3.8, 4) is 0 Å². The fourth-order valence-electron chi connectivity index (χ4n) is 8.43. The van der Waals surface area contributed by atoms with Gasteiger partial charge in [-0.1, -0.05) is 0 Å². The number of aliphatic hydroxyl groups is 3. The molecular weight excluding hydrogens is 1120 g/mol. The van der Waals surface area contributed by atoms with Crippen LogP contribution in [0.2, 0.25) is 0 Å². The van der Waals surface area contributed by atoms with E-state index in [2.05, 4.69) is 29.2 Å². The number of ether oxygens (including phenoxy) is 4. The van der Waals surface area contributed by atoms with Gasteiger partial charge in [0.25, 0.3) is 16.7 Å². The second-order valence-electron chi connectivity index (χ2n) is 17.1. The number of rotatable bonds is 21. The molecule has 0 aliphatic carbocycles. The summed E-state index contributed by atoms with van der Waals surface area (Å²) in [5.41, 5.74) is 9.43. The molecule has 42 heteroatoms. The number of methoxy groups -OCH3 is 1. The highest BCUT2D eigenvalue weighted by molar-refractivity contribution is 7.84. The van der Waals surface area contributed by atoms with E-state index < -0.39 is 154 Å². The molecule has 5 aromatic heterocycles. The van der Waals surface area contributed by atoms with Crippen molar-refractivity contribution in [2.45, 2.75) is 73.9 Å². The Morgan fingerprint density at radius 1 is 0.805 bits per heavy atom. The van der Waals surface area contributed by atoms with E-state index in [4.69, 9.17) is 52.8 Å². The number of anilines is 2. The van der Waals surface area contributed by atoms with Crippen LogP contribution < -0.4 is 32.8 Å². The minimum Gasteiger partial charge on any atom is -0.387 e. The Balaban J connectivity index is 0.951. The number of aliphatic hydroxyl groups excluding tert-OH is 3. The fourth-order valence-corrected chi connectivity index (χ4v) is 12.5. The Bertz CT molecular complexity index is 3420. The van der Waals surface area contributed by atoms with Crippen LogP contribution in [-0.4, -0.2) is 182 Å². The number of carbonyl (C=O) groups is 1. The summed E-state index contributed by atoms with van der Waals surface area (Å²) in [5.74, 6) is -1.92. The molecule has 3 aliphatic rings. The number of nitrogen functional groups attached to an aromatic ring is 2. The number of aromatic amines is 2. The summed E-state index contributed by atoms with van der Waals surface area (Å²) in [5, 5.41) is 32.9. The molecular formula is C35H52BN13O24P4. The lowest BCUT2D eigenvalue weighted by Crippen LogP contribution is -2.38. The van der Waals surface area contributed by atoms with Crippen molar-refractivity contribution in [1.82, 2.24) is 48.5 Å². The maximum Gasteiger partial charge on any atom is 0.485 e. The van der Waals surface area contributed by atoms with Crippen LogP contribution in [-0.2, 0) is 75.8 Å². The van der Waals surface area contributed by atoms with Gasteiger partial charge in [0, 0.05) is 45.8 Å². The predicted molar refractivity (Wildman–Crippen MR) is 256 cm³/mol. The lowest BCUT2D eigenvalue weighted by molar-refractivity contribution is -0.646. The molecule has 0 radical (unpaired) electrons. The zero-order chi connectivity index (χ0) is 56.3. The molecule has 5 aromatic rings. The second kappa shape index (κ2) is 22.3. The maximum absolute atomic E-state index is 13.7. The molecule has 8 heterocycles. The van der Waals surface area contributed by atoms with Crippen LogP contribution in [0.5, 0.6) is 0 Å². The number of carbonyl (C=O) groups excluding carboxylic acids is 1. The molecule has 37 nitrogen and oxygen atoms in total. The van der Waals surface area contributed by atoms with Crippen molar-refractivity contribution < 1.29 is 103 Å². The Kier molecular flexibility index (Phi) is 16.8. The molecule has 3 saturated heterocycles. The Hall–Kier alpha value is -5.01. The van der Waals surface area contributed by atoms with Crippen molar-refractivity contribution in [2.75, 3.05) is 52.5 Å². The van der Waals surface area contributed by atoms with E-state index in [9.17, 15) is 67.4 Å². The van der Waals surface area contributed by atoms with Crippen molar-refractivity contribution >= 4 is 78.5 Å². The summed E-state index contributed by atoms with van der Waals surface area (Å²) in [6.45, 7) is -2.95. The molecule has 0 saturated carbocycles. The third-order valence-corrected chi connectivity index (χ3v) is 16.8. The van der Waals surface area contributed by atoms with Gasteiger partial charge >= 0.3 is 34.7 Å². The Labute approximate surface area is 431 Å². The van der Waals surface area contributed by atoms with Gasteiger partial charge in [-0.3, -0.25) is 47.1 Å². The maximum atomic E-state index is 13.7. The van der Waals surface area contributed by atoms with E-state index in [0.29, 0.717) is 0 Å². The van der Waals surface area contributed by atoms with Crippen LogP contribution in [0.15, 0.2) is 45.6 Å². The number of amides is 1. The van der Waals surface area contributed by atoms with E-state index in [0.717, 1.165) is 36.6 Å². The molecule has 16 atom stereocenters. The number of aryl methyl sites for hydroxylation is 1. The van der Waals surface area contributed by atoms with Crippen molar-refractivity contribution in [3.63, 3.8) is 0 Å². The number of nitrogens with zero attached hydrogens (tertiary/aromatic N) is 9. The highest BCUT2D eigenvalue weighted by atomic mass is 31.3. The summed E-state index contributed by atoms with van der Waals surface area (Å²) in [6, 6.07) is 0.933. The number of phosphoric acid groups is 3. The summed E-state index contributed by atoms with van der Waals surface area (Å²) < 4.78 is 112. The number of aromatic nitrogens is 10. The van der Waals surface area contributed by atoms with E-state index in [1.165, 1.54) is 46.1 Å². The number of nitrogens with two attached hydrogens (primary N) is 2. The van der Waals surface area contributed by atoms with Crippen LogP contribution >= 0.6 is 30.9 Å². The monoisotopic (exact) mass is 1170 g/mol. The zero-order valence-electron chi connectivity index (χ0n) is 39.6. The number of hydrogen-bond donors (Lipinski definition) is 10. The molecule has 0 bridgehead atoms. The summed E-state index contributed by atoms with van der Waals surface area (Å²) in [6.07, 6.45) is -13.4. The molecule has 0 spiro atoms. The van der Waals surface area contributed by atoms with Gasteiger partial charge < -0.3 is 74.4 Å². The summed E-state index contributed by atoms with van der Waals surface area (Å²) in [7, 11) is -18.1. The van der Waals surface area contributed by atoms with Crippen LogP contribution in [0.1, 0.15) is 25.1 Å². The van der Waals surface area contributed by atoms with Gasteiger partial charge in [-0.05, 0) is 0 Å². The summed E-state index contributed by atoms with van der Waals surface area (Å²) in [4.78, 5) is 104. The molecule has 3 fully saturated rings. The molecule has 8 rings (SSSR count). The van der Waals surface area contributed by atoms with Crippen molar-refractivity contribution in [3.05, 3.63) is 62.4 Å². The number of phosphoric ester groups is 2. The topological polar surface area (TPSA) is 507 Å². The van der Waals surface area contributed by atoms with E-state index in [1.54, 1.807) is 0 Å². The smallest absolute Gasteiger partial charge is 0.387 e. The van der Waals surface area contributed by atoms with Crippen LogP contribution in [0.3, 0.4) is 0 Å². The zero-order valence-corrected chi connectivity index (χ0v) is 43.2. The molecule has 424 valence electrons. The molecule has 77 heavy (non-hydrogen) atoms. The first kappa shape index (κ1) is 58.2. The average molecular weight is 1170 g/mol. The lowest BCUT2D eigenvalue weighted by atomic mass is 9.94. The first-order valence-corrected chi connectivity index (χ1v) is 27.5. The standard InChI is InChI=1S/C35H52BN13O24P4/c1-45(2)19(51)7-14-15(68-31(22(14)52)49-13-46(3)21-29(49)43-34(38)44-30(21)55)8-65-74(36,57)72-77(62,63)73-76(60,61)67-10-17-25(26(64-4)33(70-17)48-12-41-20-27(37)39-11-40-28(20)48)71-75(58,59)66-9-16-23(53)24(54)32(69-16)47-6-5-18(50)42-35(47)56/h5-6,11-17,22-26,31-33,52-54H,7-10H2,1-4,36H3,(H,58,59)(H,60,61)(H,62,63)(H2,37,39,40)(H,42,50,56)(H3,38,43,44,55)/t14-,15-,16-,17-,22-,23-,24-,25-,26-,31-,32-,33-,74?/m1/s1. The molecule has 1 amide bonds. The van der Waals surface area contributed by atoms with Crippen LogP contribution in [0.25, 0.3) is 22.3 Å². The highest BCUT2D eigenvalue weighted by Crippen LogP contribution is 2.68. The molecule has 0 aromatic carbocycles. The van der Waals surface area contributed by atoms with E-state index in [1.807, 2.05) is 4.98 Å². The molecule has 4 unspecified atom stereocenters. The number of hydrogen-bond acceptors (Lipinski definition) is 27. The van der Waals surface area contributed by atoms with Gasteiger partial charge in [0.2, 0.25) is 24.4 Å². The first-order valence-electron chi connectivity index (χ1n) is 21.9. The molecule has 12 N–H and O–H groups in total. The minimum atomic E-state index is -5.92. The lowest BCUT2D eigenvalue weighted by Gasteiger charge is -2.27. The van der Waals surface area contributed by atoms with E-state index in [-0.39, 0.29) is 40.5 Å². The quantitative estimate of drug-likeness (QED) is 0.0187. The van der Waals surface area contributed by atoms with Gasteiger partial charge in [-0.15, -0.1) is 0 Å². The molecule has 3 aliphatic heterocycles. The number of fused-ring (bicyclic) bond motifs is 2. The highest BCUT2D eigenvalue weighted by Gasteiger charge is 2.54. The summed E-state index contributed by atoms with van der Waals surface area (Å²) >= 11 is 0. The van der Waals surface area contributed by atoms with Crippen LogP contribution in [0, 0.1) is 5.92 Å². The number of nitrogens with one attached hydrogen (secondary N) is 2. The van der Waals surface area contributed by atoms with Gasteiger partial charge in [-0.25, -0.2) is 42.3 Å². The number of imidazole rings is 2. The fraction of sp³-hybridized carbons (Fsp3) is 0.571. The van der Waals surface area contributed by atoms with Gasteiger partial charge in [-0.2, -0.15) is 13.9 Å². The van der Waals surface area contributed by atoms with E-state index >= 15 is 0 Å². The van der Waals surface area contributed by atoms with Gasteiger partial charge in [0.15, 0.2) is 31.4 Å². The van der Waals surface area contributed by atoms with Gasteiger partial charge in [0.1, 0.15) is 54.6 Å².